The van der Waals surface area contributed by atoms with Gasteiger partial charge in [0.05, 0.1) is 22.6 Å². The molecule has 1 unspecified atom stereocenters. The smallest absolute Gasteiger partial charge is 0.295 e. The lowest BCUT2D eigenvalue weighted by Crippen LogP contribution is -2.30. The van der Waals surface area contributed by atoms with Crippen LogP contribution >= 0.6 is 0 Å². The lowest BCUT2D eigenvalue weighted by atomic mass is 9.95. The quantitative estimate of drug-likeness (QED) is 0.234. The number of Topliss-reactive ketones (excluding diaryl/α,β-unsaturated/α-hetero) is 1. The number of aliphatic hydroxyl groups is 1. The molecular weight excluding hydrogens is 400 g/mol. The highest BCUT2D eigenvalue weighted by Gasteiger charge is 2.45. The van der Waals surface area contributed by atoms with Gasteiger partial charge in [-0.1, -0.05) is 31.2 Å². The number of likely N-dealkylation sites (tertiary alicyclic amines) is 1. The third kappa shape index (κ3) is 4.42. The van der Waals surface area contributed by atoms with Gasteiger partial charge in [0, 0.05) is 24.2 Å². The van der Waals surface area contributed by atoms with E-state index >= 15 is 0 Å². The number of carbonyl (C=O) groups is 2. The first-order valence-electron chi connectivity index (χ1n) is 10.0. The molecule has 1 N–H and O–H groups in total. The van der Waals surface area contributed by atoms with Crippen molar-refractivity contribution in [3.05, 3.63) is 75.3 Å². The minimum atomic E-state index is -0.815. The van der Waals surface area contributed by atoms with E-state index in [2.05, 4.69) is 0 Å². The van der Waals surface area contributed by atoms with E-state index in [0.29, 0.717) is 24.3 Å². The Morgan fingerprint density at radius 2 is 1.87 bits per heavy atom. The number of non-ortho nitro benzene ring substituents is 1. The number of hydrogen-bond acceptors (Lipinski definition) is 6. The third-order valence-corrected chi connectivity index (χ3v) is 4.90. The second-order valence-electron chi connectivity index (χ2n) is 7.54. The molecule has 1 saturated heterocycles. The summed E-state index contributed by atoms with van der Waals surface area (Å²) in [6.07, 6.45) is 0.611. The standard InChI is InChI=1S/C23H24N2O6/c1-4-12-24-20(15-8-10-18(11-9-15)31-14(2)3)19(22(27)23(24)28)21(26)16-6-5-7-17(13-16)25(29)30/h5-11,13-14,20,26H,4,12H2,1-3H3/b21-19-. The molecule has 8 heteroatoms. The van der Waals surface area contributed by atoms with Gasteiger partial charge in [0.25, 0.3) is 17.4 Å². The molecule has 2 aromatic carbocycles. The van der Waals surface area contributed by atoms with Gasteiger partial charge >= 0.3 is 0 Å². The summed E-state index contributed by atoms with van der Waals surface area (Å²) in [6.45, 7) is 6.02. The highest BCUT2D eigenvalue weighted by molar-refractivity contribution is 6.46. The molecule has 31 heavy (non-hydrogen) atoms. The van der Waals surface area contributed by atoms with Crippen molar-refractivity contribution >= 4 is 23.1 Å². The Morgan fingerprint density at radius 1 is 1.19 bits per heavy atom. The Balaban J connectivity index is 2.13. The number of ether oxygens (including phenoxy) is 1. The molecule has 8 nitrogen and oxygen atoms in total. The summed E-state index contributed by atoms with van der Waals surface area (Å²) >= 11 is 0. The molecule has 1 fully saturated rings. The summed E-state index contributed by atoms with van der Waals surface area (Å²) < 4.78 is 5.65. The van der Waals surface area contributed by atoms with Gasteiger partial charge in [-0.25, -0.2) is 0 Å². The third-order valence-electron chi connectivity index (χ3n) is 4.90. The molecule has 1 aliphatic rings. The van der Waals surface area contributed by atoms with E-state index in [1.807, 2.05) is 20.8 Å². The zero-order valence-corrected chi connectivity index (χ0v) is 17.6. The summed E-state index contributed by atoms with van der Waals surface area (Å²) in [5.74, 6) is -1.32. The Morgan fingerprint density at radius 3 is 2.45 bits per heavy atom. The lowest BCUT2D eigenvalue weighted by Gasteiger charge is -2.25. The van der Waals surface area contributed by atoms with Crippen LogP contribution in [0.4, 0.5) is 5.69 Å². The van der Waals surface area contributed by atoms with E-state index in [-0.39, 0.29) is 22.9 Å². The number of rotatable bonds is 7. The van der Waals surface area contributed by atoms with Crippen molar-refractivity contribution in [3.63, 3.8) is 0 Å². The molecule has 3 rings (SSSR count). The van der Waals surface area contributed by atoms with Crippen molar-refractivity contribution in [3.8, 4) is 5.75 Å². The van der Waals surface area contributed by atoms with Crippen molar-refractivity contribution in [2.75, 3.05) is 6.54 Å². The van der Waals surface area contributed by atoms with Gasteiger partial charge in [-0.2, -0.15) is 0 Å². The van der Waals surface area contributed by atoms with Crippen molar-refractivity contribution in [1.82, 2.24) is 4.90 Å². The molecule has 0 bridgehead atoms. The SMILES string of the molecule is CCCN1C(=O)C(=O)/C(=C(\O)c2cccc([N+](=O)[O-])c2)C1c1ccc(OC(C)C)cc1. The van der Waals surface area contributed by atoms with Crippen LogP contribution in [0.3, 0.4) is 0 Å². The van der Waals surface area contributed by atoms with Gasteiger partial charge in [-0.05, 0) is 38.0 Å². The van der Waals surface area contributed by atoms with Gasteiger partial charge in [0.2, 0.25) is 0 Å². The van der Waals surface area contributed by atoms with Gasteiger partial charge in [-0.3, -0.25) is 19.7 Å². The molecule has 2 aromatic rings. The number of carbonyl (C=O) groups excluding carboxylic acids is 2. The van der Waals surface area contributed by atoms with Crippen LogP contribution in [0.25, 0.3) is 5.76 Å². The van der Waals surface area contributed by atoms with Crippen LogP contribution in [-0.4, -0.2) is 39.3 Å². The van der Waals surface area contributed by atoms with Crippen LogP contribution < -0.4 is 4.74 Å². The lowest BCUT2D eigenvalue weighted by molar-refractivity contribution is -0.384. The number of hydrogen-bond donors (Lipinski definition) is 1. The van der Waals surface area contributed by atoms with Gasteiger partial charge in [-0.15, -0.1) is 0 Å². The Kier molecular flexibility index (Phi) is 6.39. The Bertz CT molecular complexity index is 1040. The summed E-state index contributed by atoms with van der Waals surface area (Å²) in [4.78, 5) is 37.5. The maximum atomic E-state index is 12.9. The minimum absolute atomic E-state index is 0.00884. The zero-order chi connectivity index (χ0) is 22.7. The molecule has 1 heterocycles. The monoisotopic (exact) mass is 424 g/mol. The Hall–Kier alpha value is -3.68. The van der Waals surface area contributed by atoms with Crippen LogP contribution in [-0.2, 0) is 9.59 Å². The van der Waals surface area contributed by atoms with E-state index in [0.717, 1.165) is 0 Å². The van der Waals surface area contributed by atoms with Crippen LogP contribution in [0.2, 0.25) is 0 Å². The first-order chi connectivity index (χ1) is 14.7. The largest absolute Gasteiger partial charge is 0.507 e. The molecular formula is C23H24N2O6. The van der Waals surface area contributed by atoms with Gasteiger partial charge in [0.15, 0.2) is 0 Å². The van der Waals surface area contributed by atoms with Crippen LogP contribution in [0.15, 0.2) is 54.1 Å². The number of nitro groups is 1. The number of nitrogens with zero attached hydrogens (tertiary/aromatic N) is 2. The summed E-state index contributed by atoms with van der Waals surface area (Å²) in [5.41, 5.74) is 0.430. The topological polar surface area (TPSA) is 110 Å². The predicted molar refractivity (Wildman–Crippen MR) is 115 cm³/mol. The van der Waals surface area contributed by atoms with Crippen LogP contribution in [0, 0.1) is 10.1 Å². The van der Waals surface area contributed by atoms with E-state index < -0.39 is 28.4 Å². The number of aliphatic hydroxyl groups excluding tert-OH is 1. The average molecular weight is 424 g/mol. The molecule has 1 atom stereocenters. The van der Waals surface area contributed by atoms with Gasteiger partial charge < -0.3 is 14.7 Å². The minimum Gasteiger partial charge on any atom is -0.507 e. The normalized spacial score (nSPS) is 17.9. The highest BCUT2D eigenvalue weighted by Crippen LogP contribution is 2.40. The average Bonchev–Trinajstić information content (AvgIpc) is 2.99. The van der Waals surface area contributed by atoms with E-state index in [9.17, 15) is 24.8 Å². The molecule has 162 valence electrons. The molecule has 0 aliphatic carbocycles. The predicted octanol–water partition coefficient (Wildman–Crippen LogP) is 4.21. The maximum absolute atomic E-state index is 12.9. The maximum Gasteiger partial charge on any atom is 0.295 e. The second kappa shape index (κ2) is 8.99. The van der Waals surface area contributed by atoms with Crippen molar-refractivity contribution < 1.29 is 24.4 Å². The molecule has 0 saturated carbocycles. The van der Waals surface area contributed by atoms with Crippen molar-refractivity contribution in [2.24, 2.45) is 0 Å². The summed E-state index contributed by atoms with van der Waals surface area (Å²) in [6, 6.07) is 11.5. The number of benzene rings is 2. The number of ketones is 1. The molecule has 1 aliphatic heterocycles. The van der Waals surface area contributed by atoms with E-state index in [1.54, 1.807) is 24.3 Å². The number of nitro benzene ring substituents is 1. The molecule has 0 aromatic heterocycles. The van der Waals surface area contributed by atoms with E-state index in [4.69, 9.17) is 4.74 Å². The highest BCUT2D eigenvalue weighted by atomic mass is 16.6. The van der Waals surface area contributed by atoms with Crippen molar-refractivity contribution in [1.29, 1.82) is 0 Å². The fraction of sp³-hybridized carbons (Fsp3) is 0.304. The second-order valence-corrected chi connectivity index (χ2v) is 7.54. The molecule has 0 radical (unpaired) electrons. The summed E-state index contributed by atoms with van der Waals surface area (Å²) in [5, 5.41) is 22.1. The van der Waals surface area contributed by atoms with Crippen LogP contribution in [0.5, 0.6) is 5.75 Å². The Labute approximate surface area is 179 Å². The first kappa shape index (κ1) is 22.0. The van der Waals surface area contributed by atoms with Crippen LogP contribution in [0.1, 0.15) is 44.4 Å². The van der Waals surface area contributed by atoms with E-state index in [1.165, 1.54) is 29.2 Å². The van der Waals surface area contributed by atoms with Gasteiger partial charge in [0.1, 0.15) is 11.5 Å². The first-order valence-corrected chi connectivity index (χ1v) is 10.0. The molecule has 1 amide bonds. The fourth-order valence-corrected chi connectivity index (χ4v) is 3.62. The molecule has 0 spiro atoms. The number of amides is 1. The fourth-order valence-electron chi connectivity index (χ4n) is 3.62. The zero-order valence-electron chi connectivity index (χ0n) is 17.6. The van der Waals surface area contributed by atoms with Crippen molar-refractivity contribution in [2.45, 2.75) is 39.3 Å². The summed E-state index contributed by atoms with van der Waals surface area (Å²) in [7, 11) is 0.